The molecule has 4 N–H and O–H groups in total. The van der Waals surface area contributed by atoms with Crippen LogP contribution in [0.25, 0.3) is 0 Å². The summed E-state index contributed by atoms with van der Waals surface area (Å²) in [5, 5.41) is 5.88. The van der Waals surface area contributed by atoms with E-state index in [1.165, 1.54) is 12.1 Å². The maximum atomic E-state index is 13.8. The Labute approximate surface area is 201 Å². The lowest BCUT2D eigenvalue weighted by atomic mass is 10.1. The number of nitrogens with zero attached hydrogens (tertiary/aromatic N) is 3. The molecular weight excluding hydrogens is 471 g/mol. The fourth-order valence-electron chi connectivity index (χ4n) is 3.34. The molecule has 1 fully saturated rings. The molecule has 1 aliphatic rings. The second-order valence-corrected chi connectivity index (χ2v) is 9.10. The van der Waals surface area contributed by atoms with Crippen molar-refractivity contribution in [3.8, 4) is 5.88 Å². The highest BCUT2D eigenvalue weighted by molar-refractivity contribution is 7.11. The topological polar surface area (TPSA) is 113 Å². The Hall–Kier alpha value is -2.47. The molecule has 0 bridgehead atoms. The number of hydrogen-bond donors (Lipinski definition) is 3. The number of piperazine rings is 1. The summed E-state index contributed by atoms with van der Waals surface area (Å²) in [5.74, 6) is -1.27. The number of primary amides is 1. The number of nitrogens with one attached hydrogen (secondary N) is 2. The van der Waals surface area contributed by atoms with E-state index in [9.17, 15) is 14.0 Å². The molecule has 1 aromatic carbocycles. The van der Waals surface area contributed by atoms with Gasteiger partial charge in [0, 0.05) is 43.3 Å². The standard InChI is InChI=1S/C21H28ClFN6O3S/c1-13-10-15(22)14(11-16(13)23)12-32-19-17(18(24)30)20(33-27-19)26-21(31)25-4-3-5-29-8-6-28(2)7-9-29/h10-11H,3-9,12H2,1-2H3,(H2,24,30)(H2,25,26,31). The summed E-state index contributed by atoms with van der Waals surface area (Å²) in [6.45, 7) is 7.02. The number of carbonyl (C=O) groups excluding carboxylic acids is 2. The first-order valence-corrected chi connectivity index (χ1v) is 11.7. The molecule has 12 heteroatoms. The minimum atomic E-state index is -0.801. The number of benzene rings is 1. The van der Waals surface area contributed by atoms with Gasteiger partial charge in [-0.15, -0.1) is 0 Å². The number of nitrogens with two attached hydrogens (primary N) is 1. The molecule has 0 aliphatic carbocycles. The average Bonchev–Trinajstić information content (AvgIpc) is 3.16. The largest absolute Gasteiger partial charge is 0.472 e. The third-order valence-corrected chi connectivity index (χ3v) is 6.46. The summed E-state index contributed by atoms with van der Waals surface area (Å²) in [7, 11) is 2.11. The van der Waals surface area contributed by atoms with Crippen LogP contribution >= 0.6 is 23.1 Å². The molecule has 0 saturated carbocycles. The molecule has 3 amide bonds. The van der Waals surface area contributed by atoms with Crippen LogP contribution in [0.3, 0.4) is 0 Å². The van der Waals surface area contributed by atoms with Crippen molar-refractivity contribution in [1.82, 2.24) is 19.5 Å². The Morgan fingerprint density at radius 1 is 1.30 bits per heavy atom. The zero-order valence-corrected chi connectivity index (χ0v) is 20.2. The highest BCUT2D eigenvalue weighted by atomic mass is 35.5. The van der Waals surface area contributed by atoms with E-state index in [-0.39, 0.29) is 23.1 Å². The van der Waals surface area contributed by atoms with E-state index in [1.807, 2.05) is 0 Å². The van der Waals surface area contributed by atoms with E-state index < -0.39 is 17.8 Å². The molecule has 0 spiro atoms. The van der Waals surface area contributed by atoms with Crippen LogP contribution in [0.2, 0.25) is 5.02 Å². The molecule has 0 radical (unpaired) electrons. The zero-order valence-electron chi connectivity index (χ0n) is 18.6. The van der Waals surface area contributed by atoms with Crippen molar-refractivity contribution in [1.29, 1.82) is 0 Å². The number of carbonyl (C=O) groups is 2. The average molecular weight is 499 g/mol. The van der Waals surface area contributed by atoms with Crippen LogP contribution in [0.4, 0.5) is 14.2 Å². The third-order valence-electron chi connectivity index (χ3n) is 5.36. The molecule has 0 unspecified atom stereocenters. The molecule has 2 heterocycles. The van der Waals surface area contributed by atoms with E-state index in [4.69, 9.17) is 22.1 Å². The lowest BCUT2D eigenvalue weighted by molar-refractivity contribution is 0.0996. The monoisotopic (exact) mass is 498 g/mol. The third kappa shape index (κ3) is 7.00. The van der Waals surface area contributed by atoms with Gasteiger partial charge in [0.25, 0.3) is 5.91 Å². The lowest BCUT2D eigenvalue weighted by Gasteiger charge is -2.32. The quantitative estimate of drug-likeness (QED) is 0.458. The number of ether oxygens (including phenoxy) is 1. The van der Waals surface area contributed by atoms with Gasteiger partial charge in [-0.3, -0.25) is 10.1 Å². The van der Waals surface area contributed by atoms with Crippen LogP contribution in [0.5, 0.6) is 5.88 Å². The lowest BCUT2D eigenvalue weighted by Crippen LogP contribution is -2.45. The van der Waals surface area contributed by atoms with Crippen molar-refractivity contribution in [2.75, 3.05) is 51.6 Å². The van der Waals surface area contributed by atoms with E-state index in [2.05, 4.69) is 31.9 Å². The van der Waals surface area contributed by atoms with Crippen LogP contribution in [0, 0.1) is 12.7 Å². The van der Waals surface area contributed by atoms with Crippen molar-refractivity contribution >= 4 is 40.1 Å². The van der Waals surface area contributed by atoms with Gasteiger partial charge in [-0.2, -0.15) is 4.37 Å². The maximum absolute atomic E-state index is 13.8. The molecule has 1 aliphatic heterocycles. The van der Waals surface area contributed by atoms with Crippen LogP contribution < -0.4 is 21.1 Å². The Kier molecular flexibility index (Phi) is 8.84. The fraction of sp³-hybridized carbons (Fsp3) is 0.476. The number of amides is 3. The SMILES string of the molecule is Cc1cc(Cl)c(COc2nsc(NC(=O)NCCCN3CCN(C)CC3)c2C(N)=O)cc1F. The molecule has 2 aromatic rings. The summed E-state index contributed by atoms with van der Waals surface area (Å²) in [6.07, 6.45) is 0.810. The van der Waals surface area contributed by atoms with Crippen molar-refractivity contribution in [2.24, 2.45) is 5.73 Å². The molecule has 0 atom stereocenters. The Morgan fingerprint density at radius 3 is 2.73 bits per heavy atom. The zero-order chi connectivity index (χ0) is 24.0. The van der Waals surface area contributed by atoms with Crippen LogP contribution in [-0.4, -0.2) is 72.4 Å². The van der Waals surface area contributed by atoms with Gasteiger partial charge in [-0.05, 0) is 56.2 Å². The minimum absolute atomic E-state index is 0.0451. The Bertz CT molecular complexity index is 997. The number of hydrogen-bond acceptors (Lipinski definition) is 7. The Balaban J connectivity index is 1.52. The second-order valence-electron chi connectivity index (χ2n) is 7.92. The number of aryl methyl sites for hydroxylation is 1. The first-order chi connectivity index (χ1) is 15.7. The summed E-state index contributed by atoms with van der Waals surface area (Å²) >= 11 is 7.01. The van der Waals surface area contributed by atoms with Gasteiger partial charge >= 0.3 is 6.03 Å². The highest BCUT2D eigenvalue weighted by Gasteiger charge is 2.22. The predicted octanol–water partition coefficient (Wildman–Crippen LogP) is 2.68. The summed E-state index contributed by atoms with van der Waals surface area (Å²) in [5.41, 5.74) is 6.24. The van der Waals surface area contributed by atoms with Crippen LogP contribution in [0.15, 0.2) is 12.1 Å². The maximum Gasteiger partial charge on any atom is 0.319 e. The molecule has 33 heavy (non-hydrogen) atoms. The van der Waals surface area contributed by atoms with E-state index in [1.54, 1.807) is 6.92 Å². The fourth-order valence-corrected chi connectivity index (χ4v) is 4.35. The summed E-state index contributed by atoms with van der Waals surface area (Å²) in [4.78, 5) is 28.9. The number of halogens is 2. The summed E-state index contributed by atoms with van der Waals surface area (Å²) < 4.78 is 23.5. The normalized spacial score (nSPS) is 14.8. The molecular formula is C21H28ClFN6O3S. The Morgan fingerprint density at radius 2 is 2.03 bits per heavy atom. The van der Waals surface area contributed by atoms with E-state index in [0.29, 0.717) is 22.7 Å². The van der Waals surface area contributed by atoms with Gasteiger partial charge in [0.1, 0.15) is 23.0 Å². The van der Waals surface area contributed by atoms with Crippen molar-refractivity contribution in [3.05, 3.63) is 39.7 Å². The number of urea groups is 1. The highest BCUT2D eigenvalue weighted by Crippen LogP contribution is 2.31. The van der Waals surface area contributed by atoms with Gasteiger partial charge in [0.15, 0.2) is 0 Å². The number of aromatic nitrogens is 1. The van der Waals surface area contributed by atoms with Crippen LogP contribution in [-0.2, 0) is 6.61 Å². The molecule has 3 rings (SSSR count). The molecule has 1 saturated heterocycles. The van der Waals surface area contributed by atoms with Crippen LogP contribution in [0.1, 0.15) is 27.9 Å². The van der Waals surface area contributed by atoms with Crippen molar-refractivity contribution in [3.63, 3.8) is 0 Å². The van der Waals surface area contributed by atoms with Gasteiger partial charge in [-0.1, -0.05) is 11.6 Å². The van der Waals surface area contributed by atoms with Gasteiger partial charge < -0.3 is 25.6 Å². The predicted molar refractivity (Wildman–Crippen MR) is 127 cm³/mol. The molecule has 1 aromatic heterocycles. The van der Waals surface area contributed by atoms with Gasteiger partial charge in [0.2, 0.25) is 5.88 Å². The van der Waals surface area contributed by atoms with E-state index >= 15 is 0 Å². The smallest absolute Gasteiger partial charge is 0.319 e. The number of anilines is 1. The first kappa shape index (κ1) is 25.2. The van der Waals surface area contributed by atoms with Crippen molar-refractivity contribution < 1.29 is 18.7 Å². The van der Waals surface area contributed by atoms with Gasteiger partial charge in [-0.25, -0.2) is 9.18 Å². The minimum Gasteiger partial charge on any atom is -0.472 e. The number of rotatable bonds is 9. The molecule has 180 valence electrons. The second kappa shape index (κ2) is 11.6. The first-order valence-electron chi connectivity index (χ1n) is 10.6. The number of likely N-dealkylation sites (N-methyl/N-ethyl adjacent to an activating group) is 1. The van der Waals surface area contributed by atoms with E-state index in [0.717, 1.165) is 50.7 Å². The van der Waals surface area contributed by atoms with Crippen molar-refractivity contribution in [2.45, 2.75) is 20.0 Å². The van der Waals surface area contributed by atoms with Gasteiger partial charge in [0.05, 0.1) is 0 Å². The molecule has 9 nitrogen and oxygen atoms in total. The summed E-state index contributed by atoms with van der Waals surface area (Å²) in [6, 6.07) is 2.30.